The Morgan fingerprint density at radius 1 is 1.45 bits per heavy atom. The summed E-state index contributed by atoms with van der Waals surface area (Å²) in [6, 6.07) is 2.22. The molecule has 1 fully saturated rings. The second-order valence-corrected chi connectivity index (χ2v) is 6.83. The quantitative estimate of drug-likeness (QED) is 0.828. The molecule has 3 heteroatoms. The minimum atomic E-state index is 0.682. The van der Waals surface area contributed by atoms with E-state index in [0.29, 0.717) is 5.92 Å². The van der Waals surface area contributed by atoms with Crippen molar-refractivity contribution in [1.82, 2.24) is 10.3 Å². The van der Waals surface area contributed by atoms with Gasteiger partial charge in [0.1, 0.15) is 0 Å². The van der Waals surface area contributed by atoms with Gasteiger partial charge < -0.3 is 10.2 Å². The van der Waals surface area contributed by atoms with Gasteiger partial charge in [-0.05, 0) is 43.7 Å². The van der Waals surface area contributed by atoms with Crippen LogP contribution in [0.2, 0.25) is 0 Å². The van der Waals surface area contributed by atoms with Crippen molar-refractivity contribution in [2.24, 2.45) is 17.8 Å². The number of aromatic nitrogens is 1. The number of rotatable bonds is 7. The van der Waals surface area contributed by atoms with Gasteiger partial charge in [-0.2, -0.15) is 0 Å². The second-order valence-electron chi connectivity index (χ2n) is 6.83. The van der Waals surface area contributed by atoms with Gasteiger partial charge in [-0.3, -0.25) is 4.98 Å². The Morgan fingerprint density at radius 2 is 2.15 bits per heavy atom. The maximum absolute atomic E-state index is 4.46. The van der Waals surface area contributed by atoms with Gasteiger partial charge in [-0.15, -0.1) is 0 Å². The largest absolute Gasteiger partial charge is 0.374 e. The number of hydrogen-bond donors (Lipinski definition) is 1. The lowest BCUT2D eigenvalue weighted by atomic mass is 10.1. The smallest absolute Gasteiger partial charge is 0.0443 e. The lowest BCUT2D eigenvalue weighted by Crippen LogP contribution is -2.25. The molecule has 1 N–H and O–H groups in total. The molecule has 112 valence electrons. The van der Waals surface area contributed by atoms with Crippen molar-refractivity contribution in [3.8, 4) is 0 Å². The third-order valence-corrected chi connectivity index (χ3v) is 4.16. The third-order valence-electron chi connectivity index (χ3n) is 4.16. The number of nitrogens with zero attached hydrogens (tertiary/aromatic N) is 2. The monoisotopic (exact) mass is 275 g/mol. The molecule has 2 rings (SSSR count). The normalized spacial score (nSPS) is 21.3. The summed E-state index contributed by atoms with van der Waals surface area (Å²) in [6.07, 6.45) is 3.42. The maximum Gasteiger partial charge on any atom is 0.0443 e. The zero-order valence-corrected chi connectivity index (χ0v) is 13.6. The summed E-state index contributed by atoms with van der Waals surface area (Å²) >= 11 is 0. The topological polar surface area (TPSA) is 28.2 Å². The molecule has 1 saturated carbocycles. The standard InChI is InChI=1S/C17H29N3/c1-12(2)8-18-9-16-10-19-14(4)7-17(16)20(5)11-15-6-13(15)3/h7,10,12-13,15,18H,6,8-9,11H2,1-5H3. The van der Waals surface area contributed by atoms with Crippen molar-refractivity contribution in [2.45, 2.75) is 40.7 Å². The van der Waals surface area contributed by atoms with Crippen LogP contribution in [0.1, 0.15) is 38.4 Å². The van der Waals surface area contributed by atoms with Crippen LogP contribution in [0.5, 0.6) is 0 Å². The molecule has 2 unspecified atom stereocenters. The minimum Gasteiger partial charge on any atom is -0.374 e. The molecule has 0 aliphatic heterocycles. The van der Waals surface area contributed by atoms with Crippen LogP contribution >= 0.6 is 0 Å². The molecule has 1 heterocycles. The molecule has 0 spiro atoms. The van der Waals surface area contributed by atoms with E-state index in [-0.39, 0.29) is 0 Å². The number of aryl methyl sites for hydroxylation is 1. The fourth-order valence-corrected chi connectivity index (χ4v) is 2.66. The Balaban J connectivity index is 2.02. The fraction of sp³-hybridized carbons (Fsp3) is 0.706. The van der Waals surface area contributed by atoms with E-state index in [1.54, 1.807) is 0 Å². The highest BCUT2D eigenvalue weighted by molar-refractivity contribution is 5.53. The molecule has 0 aromatic carbocycles. The van der Waals surface area contributed by atoms with Crippen LogP contribution in [0.15, 0.2) is 12.3 Å². The molecule has 0 amide bonds. The molecule has 3 nitrogen and oxygen atoms in total. The summed E-state index contributed by atoms with van der Waals surface area (Å²) in [4.78, 5) is 6.87. The highest BCUT2D eigenvalue weighted by atomic mass is 15.1. The zero-order valence-electron chi connectivity index (χ0n) is 13.6. The van der Waals surface area contributed by atoms with E-state index in [9.17, 15) is 0 Å². The highest BCUT2D eigenvalue weighted by Crippen LogP contribution is 2.39. The van der Waals surface area contributed by atoms with Crippen LogP contribution in [0.25, 0.3) is 0 Å². The summed E-state index contributed by atoms with van der Waals surface area (Å²) in [5.41, 5.74) is 3.75. The Bertz CT molecular complexity index is 442. The summed E-state index contributed by atoms with van der Waals surface area (Å²) in [7, 11) is 2.21. The van der Waals surface area contributed by atoms with Crippen molar-refractivity contribution in [3.63, 3.8) is 0 Å². The van der Waals surface area contributed by atoms with Gasteiger partial charge in [-0.1, -0.05) is 20.8 Å². The first-order valence-electron chi connectivity index (χ1n) is 7.84. The summed E-state index contributed by atoms with van der Waals surface area (Å²) < 4.78 is 0. The Morgan fingerprint density at radius 3 is 2.75 bits per heavy atom. The fourth-order valence-electron chi connectivity index (χ4n) is 2.66. The van der Waals surface area contributed by atoms with Crippen LogP contribution in [0, 0.1) is 24.7 Å². The van der Waals surface area contributed by atoms with E-state index < -0.39 is 0 Å². The Labute approximate surface area is 123 Å². The van der Waals surface area contributed by atoms with Gasteiger partial charge in [-0.25, -0.2) is 0 Å². The third kappa shape index (κ3) is 4.20. The average molecular weight is 275 g/mol. The first-order valence-corrected chi connectivity index (χ1v) is 7.84. The zero-order chi connectivity index (χ0) is 14.7. The van der Waals surface area contributed by atoms with E-state index in [4.69, 9.17) is 0 Å². The van der Waals surface area contributed by atoms with Gasteiger partial charge in [0, 0.05) is 43.3 Å². The van der Waals surface area contributed by atoms with Gasteiger partial charge >= 0.3 is 0 Å². The highest BCUT2D eigenvalue weighted by Gasteiger charge is 2.33. The van der Waals surface area contributed by atoms with Crippen molar-refractivity contribution in [3.05, 3.63) is 23.5 Å². The van der Waals surface area contributed by atoms with Crippen LogP contribution in [0.4, 0.5) is 5.69 Å². The first-order chi connectivity index (χ1) is 9.47. The number of pyridine rings is 1. The molecular formula is C17H29N3. The first kappa shape index (κ1) is 15.3. The van der Waals surface area contributed by atoms with Crippen LogP contribution in [-0.2, 0) is 6.54 Å². The van der Waals surface area contributed by atoms with E-state index >= 15 is 0 Å². The molecule has 1 aromatic heterocycles. The molecule has 0 bridgehead atoms. The molecule has 20 heavy (non-hydrogen) atoms. The van der Waals surface area contributed by atoms with Gasteiger partial charge in [0.15, 0.2) is 0 Å². The molecular weight excluding hydrogens is 246 g/mol. The van der Waals surface area contributed by atoms with Gasteiger partial charge in [0.05, 0.1) is 0 Å². The van der Waals surface area contributed by atoms with E-state index in [1.165, 1.54) is 24.2 Å². The molecule has 1 aromatic rings. The summed E-state index contributed by atoms with van der Waals surface area (Å²) in [6.45, 7) is 12.0. The number of hydrogen-bond acceptors (Lipinski definition) is 3. The van der Waals surface area contributed by atoms with Gasteiger partial charge in [0.25, 0.3) is 0 Å². The molecule has 0 saturated heterocycles. The SMILES string of the molecule is Cc1cc(N(C)CC2CC2C)c(CNCC(C)C)cn1. The van der Waals surface area contributed by atoms with Crippen molar-refractivity contribution in [2.75, 3.05) is 25.0 Å². The number of nitrogens with one attached hydrogen (secondary N) is 1. The maximum atomic E-state index is 4.46. The van der Waals surface area contributed by atoms with Gasteiger partial charge in [0.2, 0.25) is 0 Å². The lowest BCUT2D eigenvalue weighted by Gasteiger charge is -2.23. The predicted octanol–water partition coefficient (Wildman–Crippen LogP) is 3.23. The van der Waals surface area contributed by atoms with Crippen molar-refractivity contribution < 1.29 is 0 Å². The van der Waals surface area contributed by atoms with Crippen molar-refractivity contribution in [1.29, 1.82) is 0 Å². The number of anilines is 1. The lowest BCUT2D eigenvalue weighted by molar-refractivity contribution is 0.551. The summed E-state index contributed by atoms with van der Waals surface area (Å²) in [5.74, 6) is 2.47. The van der Waals surface area contributed by atoms with Crippen LogP contribution in [-0.4, -0.2) is 25.1 Å². The predicted molar refractivity (Wildman–Crippen MR) is 86.1 cm³/mol. The molecule has 1 aliphatic rings. The van der Waals surface area contributed by atoms with E-state index in [2.05, 4.69) is 56.0 Å². The van der Waals surface area contributed by atoms with Crippen LogP contribution in [0.3, 0.4) is 0 Å². The van der Waals surface area contributed by atoms with E-state index in [0.717, 1.165) is 30.6 Å². The van der Waals surface area contributed by atoms with Crippen molar-refractivity contribution >= 4 is 5.69 Å². The average Bonchev–Trinajstić information content (AvgIpc) is 3.06. The van der Waals surface area contributed by atoms with E-state index in [1.807, 2.05) is 6.20 Å². The van der Waals surface area contributed by atoms with Crippen LogP contribution < -0.4 is 10.2 Å². The molecule has 1 aliphatic carbocycles. The second kappa shape index (κ2) is 6.57. The minimum absolute atomic E-state index is 0.682. The Kier molecular flexibility index (Phi) is 5.03. The molecule has 0 radical (unpaired) electrons. The molecule has 2 atom stereocenters. The Hall–Kier alpha value is -1.09. The summed E-state index contributed by atoms with van der Waals surface area (Å²) in [5, 5.41) is 3.53.